The number of hydrogen-bond donors (Lipinski definition) is 2. The summed E-state index contributed by atoms with van der Waals surface area (Å²) in [5, 5.41) is 1.90. The summed E-state index contributed by atoms with van der Waals surface area (Å²) in [7, 11) is 0. The number of anilines is 1. The summed E-state index contributed by atoms with van der Waals surface area (Å²) >= 11 is 0. The third kappa shape index (κ3) is 2.75. The molecule has 8 heteroatoms. The largest absolute Gasteiger partial charge is 0.397 e. The molecule has 0 aliphatic carbocycles. The van der Waals surface area contributed by atoms with Gasteiger partial charge in [-0.15, -0.1) is 0 Å². The fourth-order valence-electron chi connectivity index (χ4n) is 3.05. The number of nitrogens with two attached hydrogens (primary N) is 1. The number of nitrogens with zero attached hydrogens (tertiary/aromatic N) is 2. The van der Waals surface area contributed by atoms with E-state index >= 15 is 0 Å². The fraction of sp³-hybridized carbons (Fsp3) is 0.294. The van der Waals surface area contributed by atoms with Crippen molar-refractivity contribution in [1.82, 2.24) is 9.97 Å². The van der Waals surface area contributed by atoms with Gasteiger partial charge in [0, 0.05) is 23.9 Å². The number of carbonyl (C=O) groups excluding carboxylic acids is 2. The van der Waals surface area contributed by atoms with Gasteiger partial charge in [0.25, 0.3) is 0 Å². The van der Waals surface area contributed by atoms with Gasteiger partial charge in [0.1, 0.15) is 0 Å². The van der Waals surface area contributed by atoms with Gasteiger partial charge >= 0.3 is 0 Å². The number of benzene rings is 1. The van der Waals surface area contributed by atoms with Crippen LogP contribution in [0.25, 0.3) is 21.8 Å². The van der Waals surface area contributed by atoms with Gasteiger partial charge in [-0.2, -0.15) is 0 Å². The third-order valence-corrected chi connectivity index (χ3v) is 4.11. The number of hydrogen-bond acceptors (Lipinski definition) is 6. The lowest BCUT2D eigenvalue weighted by Crippen LogP contribution is -2.17. The molecule has 3 heterocycles. The van der Waals surface area contributed by atoms with Crippen LogP contribution in [0.2, 0.25) is 0 Å². The first-order valence-corrected chi connectivity index (χ1v) is 7.88. The molecule has 0 bridgehead atoms. The van der Waals surface area contributed by atoms with Gasteiger partial charge in [0.2, 0.25) is 5.91 Å². The number of amides is 1. The number of H-pyrrole nitrogens is 1. The molecule has 128 valence electrons. The number of rotatable bonds is 3. The predicted molar refractivity (Wildman–Crippen MR) is 90.1 cm³/mol. The Labute approximate surface area is 142 Å². The average molecular weight is 340 g/mol. The highest BCUT2D eigenvalue weighted by Gasteiger charge is 2.22. The van der Waals surface area contributed by atoms with Crippen LogP contribution < -0.4 is 11.1 Å². The number of aromatic nitrogens is 2. The second-order valence-electron chi connectivity index (χ2n) is 5.91. The Morgan fingerprint density at radius 3 is 2.84 bits per heavy atom. The zero-order valence-electron chi connectivity index (χ0n) is 13.5. The molecule has 1 aliphatic rings. The van der Waals surface area contributed by atoms with Gasteiger partial charge in [0.15, 0.2) is 12.1 Å². The first kappa shape index (κ1) is 15.7. The topological polar surface area (TPSA) is 120 Å². The Kier molecular flexibility index (Phi) is 3.70. The SMILES string of the molecule is CC(=O)N=c1cc(N)c2ncc3cc(C(=O)CC4OCCO4)[nH]c1c32. The van der Waals surface area contributed by atoms with E-state index in [1.54, 1.807) is 18.3 Å². The van der Waals surface area contributed by atoms with Crippen molar-refractivity contribution in [2.45, 2.75) is 19.6 Å². The Balaban J connectivity index is 1.89. The molecule has 1 fully saturated rings. The van der Waals surface area contributed by atoms with Gasteiger partial charge in [-0.25, -0.2) is 4.99 Å². The Morgan fingerprint density at radius 1 is 1.36 bits per heavy atom. The molecule has 8 nitrogen and oxygen atoms in total. The van der Waals surface area contributed by atoms with Crippen molar-refractivity contribution >= 4 is 39.2 Å². The molecule has 1 amide bonds. The molecule has 1 aromatic carbocycles. The molecule has 2 aromatic heterocycles. The van der Waals surface area contributed by atoms with Crippen molar-refractivity contribution in [3.05, 3.63) is 29.4 Å². The van der Waals surface area contributed by atoms with Crippen LogP contribution in [-0.2, 0) is 14.3 Å². The lowest BCUT2D eigenvalue weighted by Gasteiger charge is -2.10. The minimum Gasteiger partial charge on any atom is -0.397 e. The van der Waals surface area contributed by atoms with Gasteiger partial charge in [0.05, 0.1) is 47.4 Å². The summed E-state index contributed by atoms with van der Waals surface area (Å²) in [4.78, 5) is 35.4. The number of nitrogens with one attached hydrogen (secondary N) is 1. The number of ether oxygens (including phenoxy) is 2. The van der Waals surface area contributed by atoms with Gasteiger partial charge in [-0.1, -0.05) is 0 Å². The van der Waals surface area contributed by atoms with Crippen LogP contribution in [0, 0.1) is 0 Å². The van der Waals surface area contributed by atoms with Crippen molar-refractivity contribution in [1.29, 1.82) is 0 Å². The summed E-state index contributed by atoms with van der Waals surface area (Å²) in [6.45, 7) is 2.33. The Bertz CT molecular complexity index is 1050. The molecule has 3 N–H and O–H groups in total. The van der Waals surface area contributed by atoms with Crippen LogP contribution in [0.15, 0.2) is 23.3 Å². The molecule has 1 aliphatic heterocycles. The molecule has 0 atom stereocenters. The standard InChI is InChI=1S/C17H16N4O4/c1-8(22)20-12-5-10(18)16-15-9(7-19-16)4-11(21-17(12)15)13(23)6-14-24-2-3-25-14/h4-5,7,14,21H,2-3,6,18H2,1H3. The molecule has 25 heavy (non-hydrogen) atoms. The summed E-state index contributed by atoms with van der Waals surface area (Å²) in [6, 6.07) is 3.30. The Hall–Kier alpha value is -2.84. The zero-order chi connectivity index (χ0) is 17.6. The second kappa shape index (κ2) is 5.91. The van der Waals surface area contributed by atoms with Crippen molar-refractivity contribution in [3.8, 4) is 0 Å². The lowest BCUT2D eigenvalue weighted by molar-refractivity contribution is -0.116. The monoisotopic (exact) mass is 340 g/mol. The van der Waals surface area contributed by atoms with Crippen LogP contribution in [0.5, 0.6) is 0 Å². The molecular formula is C17H16N4O4. The van der Waals surface area contributed by atoms with E-state index in [0.29, 0.717) is 41.0 Å². The number of pyridine rings is 1. The minimum absolute atomic E-state index is 0.111. The van der Waals surface area contributed by atoms with Crippen molar-refractivity contribution in [2.24, 2.45) is 4.99 Å². The van der Waals surface area contributed by atoms with Crippen LogP contribution in [-0.4, -0.2) is 41.2 Å². The van der Waals surface area contributed by atoms with Crippen molar-refractivity contribution < 1.29 is 19.1 Å². The molecule has 0 unspecified atom stereocenters. The number of aromatic amines is 1. The Morgan fingerprint density at radius 2 is 2.12 bits per heavy atom. The molecular weight excluding hydrogens is 324 g/mol. The van der Waals surface area contributed by atoms with Crippen LogP contribution in [0.4, 0.5) is 5.69 Å². The molecule has 0 radical (unpaired) electrons. The number of nitrogen functional groups attached to an aromatic ring is 1. The van der Waals surface area contributed by atoms with Crippen LogP contribution in [0.3, 0.4) is 0 Å². The highest BCUT2D eigenvalue weighted by Crippen LogP contribution is 2.28. The number of ketones is 1. The highest BCUT2D eigenvalue weighted by molar-refractivity contribution is 6.13. The van der Waals surface area contributed by atoms with E-state index in [0.717, 1.165) is 10.8 Å². The van der Waals surface area contributed by atoms with E-state index in [-0.39, 0.29) is 18.1 Å². The molecule has 0 spiro atoms. The van der Waals surface area contributed by atoms with E-state index in [2.05, 4.69) is 15.0 Å². The van der Waals surface area contributed by atoms with Crippen LogP contribution in [0.1, 0.15) is 23.8 Å². The maximum absolute atomic E-state index is 12.6. The first-order valence-electron chi connectivity index (χ1n) is 7.88. The summed E-state index contributed by atoms with van der Waals surface area (Å²) < 4.78 is 10.7. The lowest BCUT2D eigenvalue weighted by atomic mass is 10.1. The summed E-state index contributed by atoms with van der Waals surface area (Å²) in [5.74, 6) is -0.509. The van der Waals surface area contributed by atoms with Gasteiger partial charge in [-0.3, -0.25) is 14.6 Å². The van der Waals surface area contributed by atoms with Gasteiger partial charge in [-0.05, 0) is 12.1 Å². The van der Waals surface area contributed by atoms with E-state index in [9.17, 15) is 9.59 Å². The third-order valence-electron chi connectivity index (χ3n) is 4.11. The summed E-state index contributed by atoms with van der Waals surface area (Å²) in [5.41, 5.74) is 8.01. The molecule has 4 rings (SSSR count). The molecule has 0 saturated carbocycles. The average Bonchev–Trinajstić information content (AvgIpc) is 3.21. The predicted octanol–water partition coefficient (Wildman–Crippen LogP) is 1.13. The number of Topliss-reactive ketones (excluding diaryl/α,β-unsaturated/α-hetero) is 1. The van der Waals surface area contributed by atoms with Gasteiger partial charge < -0.3 is 20.2 Å². The number of carbonyl (C=O) groups is 2. The second-order valence-corrected chi connectivity index (χ2v) is 5.91. The quantitative estimate of drug-likeness (QED) is 0.545. The molecule has 1 saturated heterocycles. The highest BCUT2D eigenvalue weighted by atomic mass is 16.7. The van der Waals surface area contributed by atoms with E-state index in [1.165, 1.54) is 6.92 Å². The zero-order valence-corrected chi connectivity index (χ0v) is 13.5. The fourth-order valence-corrected chi connectivity index (χ4v) is 3.05. The van der Waals surface area contributed by atoms with E-state index < -0.39 is 6.29 Å². The first-order chi connectivity index (χ1) is 12.0. The van der Waals surface area contributed by atoms with Crippen LogP contribution >= 0.6 is 0 Å². The molecule has 3 aromatic rings. The smallest absolute Gasteiger partial charge is 0.243 e. The van der Waals surface area contributed by atoms with Crippen molar-refractivity contribution in [2.75, 3.05) is 18.9 Å². The van der Waals surface area contributed by atoms with Crippen molar-refractivity contribution in [3.63, 3.8) is 0 Å². The van der Waals surface area contributed by atoms with E-state index in [4.69, 9.17) is 15.2 Å². The maximum Gasteiger partial charge on any atom is 0.243 e. The summed E-state index contributed by atoms with van der Waals surface area (Å²) in [6.07, 6.45) is 1.24. The van der Waals surface area contributed by atoms with E-state index in [1.807, 2.05) is 0 Å². The maximum atomic E-state index is 12.6. The minimum atomic E-state index is -0.526. The normalized spacial score (nSPS) is 16.3.